The minimum absolute atomic E-state index is 0.159. The highest BCUT2D eigenvalue weighted by atomic mass is 127. The van der Waals surface area contributed by atoms with Crippen LogP contribution in [0.1, 0.15) is 55.8 Å². The molecule has 2 rings (SSSR count). The molecular weight excluding hydrogens is 723 g/mol. The van der Waals surface area contributed by atoms with Crippen molar-refractivity contribution in [1.82, 2.24) is 0 Å². The zero-order chi connectivity index (χ0) is 22.0. The van der Waals surface area contributed by atoms with Gasteiger partial charge in [0.1, 0.15) is 0 Å². The Morgan fingerprint density at radius 2 is 2.00 bits per heavy atom. The molecule has 0 bridgehead atoms. The summed E-state index contributed by atoms with van der Waals surface area (Å²) in [5.74, 6) is -7.40. The minimum atomic E-state index is -4.18. The number of carbonyl (C=O) groups is 2. The summed E-state index contributed by atoms with van der Waals surface area (Å²) in [7, 11) is 0. The van der Waals surface area contributed by atoms with Crippen LogP contribution in [0.15, 0.2) is 24.3 Å². The molecule has 1 aromatic rings. The van der Waals surface area contributed by atoms with E-state index in [4.69, 9.17) is 9.84 Å². The number of rotatable bonds is 7. The van der Waals surface area contributed by atoms with Crippen molar-refractivity contribution < 1.29 is 28.2 Å². The second kappa shape index (κ2) is 10.0. The molecule has 1 aliphatic rings. The van der Waals surface area contributed by atoms with Crippen molar-refractivity contribution in [3.63, 3.8) is 0 Å². The van der Waals surface area contributed by atoms with E-state index >= 15 is 0 Å². The first kappa shape index (κ1) is 25.2. The highest BCUT2D eigenvalue weighted by Crippen LogP contribution is 2.47. The van der Waals surface area contributed by atoms with Crippen molar-refractivity contribution in [2.45, 2.75) is 57.5 Å². The van der Waals surface area contributed by atoms with Crippen molar-refractivity contribution in [1.29, 1.82) is 0 Å². The van der Waals surface area contributed by atoms with E-state index in [2.05, 4.69) is 29.2 Å². The molecule has 1 fully saturated rings. The average molecular weight is 744 g/mol. The number of carboxylic acid groups (broad SMARTS) is 1. The monoisotopic (exact) mass is 744 g/mol. The van der Waals surface area contributed by atoms with E-state index in [0.717, 1.165) is 25.6 Å². The molecule has 29 heavy (non-hydrogen) atoms. The van der Waals surface area contributed by atoms with E-state index in [9.17, 15) is 18.4 Å². The van der Waals surface area contributed by atoms with Crippen molar-refractivity contribution in [2.75, 3.05) is 0 Å². The molecule has 4 nitrogen and oxygen atoms in total. The van der Waals surface area contributed by atoms with Crippen LogP contribution in [0.5, 0.6) is 0 Å². The first-order valence-electron chi connectivity index (χ1n) is 9.05. The molecule has 2 unspecified atom stereocenters. The first-order chi connectivity index (χ1) is 13.4. The number of carbonyl (C=O) groups excluding carboxylic acids is 1. The van der Waals surface area contributed by atoms with Crippen molar-refractivity contribution in [2.24, 2.45) is 5.41 Å². The van der Waals surface area contributed by atoms with Gasteiger partial charge in [-0.25, -0.2) is 9.59 Å². The Balaban J connectivity index is 2.38. The summed E-state index contributed by atoms with van der Waals surface area (Å²) in [6.07, 6.45) is 1.15. The number of aliphatic carboxylic acids is 1. The summed E-state index contributed by atoms with van der Waals surface area (Å²) in [5.41, 5.74) is 0.571. The van der Waals surface area contributed by atoms with E-state index in [1.165, 1.54) is 0 Å². The lowest BCUT2D eigenvalue weighted by atomic mass is 9.67. The van der Waals surface area contributed by atoms with Crippen LogP contribution >= 0.6 is 67.8 Å². The minimum Gasteiger partial charge on any atom is -0.477 e. The Kier molecular flexibility index (Phi) is 8.73. The zero-order valence-corrected chi connectivity index (χ0v) is 22.2. The number of alkyl halides is 2. The lowest BCUT2D eigenvalue weighted by Gasteiger charge is -2.40. The number of hydrogen-bond donors (Lipinski definition) is 1. The number of benzene rings is 1. The van der Waals surface area contributed by atoms with Crippen LogP contribution in [-0.4, -0.2) is 29.1 Å². The maximum absolute atomic E-state index is 14.6. The van der Waals surface area contributed by atoms with Gasteiger partial charge in [0.25, 0.3) is 0 Å². The number of halogens is 5. The molecule has 0 radical (unpaired) electrons. The maximum atomic E-state index is 14.6. The Labute approximate surface area is 209 Å². The van der Waals surface area contributed by atoms with Crippen LogP contribution in [-0.2, 0) is 9.53 Å². The van der Waals surface area contributed by atoms with Crippen LogP contribution in [0, 0.1) is 16.1 Å². The van der Waals surface area contributed by atoms with Crippen LogP contribution in [0.25, 0.3) is 0 Å². The molecule has 0 heterocycles. The third-order valence-electron chi connectivity index (χ3n) is 5.38. The maximum Gasteiger partial charge on any atom is 0.378 e. The molecule has 0 aliphatic heterocycles. The van der Waals surface area contributed by atoms with Gasteiger partial charge in [-0.15, -0.1) is 0 Å². The summed E-state index contributed by atoms with van der Waals surface area (Å²) in [6.45, 7) is 5.88. The van der Waals surface area contributed by atoms with Gasteiger partial charge < -0.3 is 9.84 Å². The van der Waals surface area contributed by atoms with Gasteiger partial charge in [-0.05, 0) is 117 Å². The summed E-state index contributed by atoms with van der Waals surface area (Å²) >= 11 is 6.04. The standard InChI is InChI=1S/C20H21F2I3O4/c1-3-19(6-4-5-11(2)9-19)10-15(20(21,22)18(27)28)29-17(26)13-7-12(23)8-14(24)16(13)25/h7-8,15H,2-6,9-10H2,1H3,(H,27,28). The van der Waals surface area contributed by atoms with Gasteiger partial charge in [0.05, 0.1) is 5.56 Å². The molecule has 9 heteroatoms. The lowest BCUT2D eigenvalue weighted by molar-refractivity contribution is -0.186. The molecule has 1 aromatic carbocycles. The molecule has 1 N–H and O–H groups in total. The number of esters is 1. The average Bonchev–Trinajstić information content (AvgIpc) is 2.63. The molecule has 0 saturated heterocycles. The Hall–Kier alpha value is -0.0500. The number of carboxylic acids is 1. The number of hydrogen-bond acceptors (Lipinski definition) is 3. The zero-order valence-electron chi connectivity index (χ0n) is 15.7. The molecule has 0 spiro atoms. The highest BCUT2D eigenvalue weighted by Gasteiger charge is 2.53. The second-order valence-corrected chi connectivity index (χ2v) is 10.9. The normalized spacial score (nSPS) is 21.0. The predicted molar refractivity (Wildman–Crippen MR) is 131 cm³/mol. The van der Waals surface area contributed by atoms with Crippen LogP contribution in [0.4, 0.5) is 8.78 Å². The largest absolute Gasteiger partial charge is 0.477 e. The fourth-order valence-corrected chi connectivity index (χ4v) is 6.09. The van der Waals surface area contributed by atoms with E-state index in [1.807, 2.05) is 58.2 Å². The fraction of sp³-hybridized carbons (Fsp3) is 0.500. The van der Waals surface area contributed by atoms with Crippen LogP contribution in [0.3, 0.4) is 0 Å². The molecule has 1 aliphatic carbocycles. The SMILES string of the molecule is C=C1CCCC(CC)(CC(OC(=O)c2cc(I)cc(I)c2I)C(F)(F)C(=O)O)C1. The summed E-state index contributed by atoms with van der Waals surface area (Å²) in [5, 5.41) is 9.11. The molecule has 0 aromatic heterocycles. The van der Waals surface area contributed by atoms with Crippen molar-refractivity contribution >= 4 is 79.7 Å². The van der Waals surface area contributed by atoms with Crippen LogP contribution < -0.4 is 0 Å². The first-order valence-corrected chi connectivity index (χ1v) is 12.3. The van der Waals surface area contributed by atoms with Gasteiger partial charge >= 0.3 is 17.9 Å². The molecule has 2 atom stereocenters. The van der Waals surface area contributed by atoms with Crippen molar-refractivity contribution in [3.05, 3.63) is 40.6 Å². The van der Waals surface area contributed by atoms with E-state index in [-0.39, 0.29) is 12.0 Å². The lowest BCUT2D eigenvalue weighted by Crippen LogP contribution is -2.47. The Morgan fingerprint density at radius 1 is 1.34 bits per heavy atom. The van der Waals surface area contributed by atoms with E-state index < -0.39 is 29.4 Å². The van der Waals surface area contributed by atoms with E-state index in [0.29, 0.717) is 22.8 Å². The Morgan fingerprint density at radius 3 is 2.55 bits per heavy atom. The molecule has 0 amide bonds. The molecule has 1 saturated carbocycles. The summed E-state index contributed by atoms with van der Waals surface area (Å²) in [4.78, 5) is 24.1. The van der Waals surface area contributed by atoms with Gasteiger partial charge in [0.2, 0.25) is 0 Å². The van der Waals surface area contributed by atoms with Gasteiger partial charge in [0, 0.05) is 10.7 Å². The van der Waals surface area contributed by atoms with E-state index in [1.54, 1.807) is 6.07 Å². The van der Waals surface area contributed by atoms with Gasteiger partial charge in [-0.1, -0.05) is 25.5 Å². The summed E-state index contributed by atoms with van der Waals surface area (Å²) < 4.78 is 36.5. The molecular formula is C20H21F2I3O4. The van der Waals surface area contributed by atoms with Gasteiger partial charge in [-0.2, -0.15) is 8.78 Å². The quantitative estimate of drug-likeness (QED) is 0.147. The smallest absolute Gasteiger partial charge is 0.378 e. The Bertz CT molecular complexity index is 828. The topological polar surface area (TPSA) is 63.6 Å². The van der Waals surface area contributed by atoms with Crippen LogP contribution in [0.2, 0.25) is 0 Å². The second-order valence-electron chi connectivity index (χ2n) is 7.41. The predicted octanol–water partition coefficient (Wildman–Crippen LogP) is 6.66. The third kappa shape index (κ3) is 6.01. The van der Waals surface area contributed by atoms with Crippen molar-refractivity contribution in [3.8, 4) is 0 Å². The summed E-state index contributed by atoms with van der Waals surface area (Å²) in [6, 6.07) is 3.41. The van der Waals surface area contributed by atoms with Gasteiger partial charge in [-0.3, -0.25) is 0 Å². The molecule has 160 valence electrons. The fourth-order valence-electron chi connectivity index (χ4n) is 3.71. The van der Waals surface area contributed by atoms with Gasteiger partial charge in [0.15, 0.2) is 6.10 Å². The number of ether oxygens (including phenoxy) is 1. The highest BCUT2D eigenvalue weighted by molar-refractivity contribution is 14.1. The number of allylic oxidation sites excluding steroid dienone is 1. The third-order valence-corrected chi connectivity index (χ3v) is 9.05.